The second-order valence-electron chi connectivity index (χ2n) is 7.12. The third kappa shape index (κ3) is 4.70. The predicted octanol–water partition coefficient (Wildman–Crippen LogP) is 2.50. The third-order valence-electron chi connectivity index (χ3n) is 4.99. The lowest BCUT2D eigenvalue weighted by Crippen LogP contribution is -2.49. The monoisotopic (exact) mass is 376 g/mol. The van der Waals surface area contributed by atoms with E-state index in [1.165, 1.54) is 0 Å². The molecule has 3 rings (SSSR count). The van der Waals surface area contributed by atoms with Crippen molar-refractivity contribution < 1.29 is 19.1 Å². The highest BCUT2D eigenvalue weighted by molar-refractivity contribution is 5.93. The van der Waals surface area contributed by atoms with Crippen LogP contribution in [0, 0.1) is 6.92 Å². The minimum Gasteiger partial charge on any atom is -0.377 e. The van der Waals surface area contributed by atoms with Crippen molar-refractivity contribution in [3.05, 3.63) is 23.8 Å². The van der Waals surface area contributed by atoms with Crippen molar-refractivity contribution in [1.29, 1.82) is 0 Å². The summed E-state index contributed by atoms with van der Waals surface area (Å²) >= 11 is 0. The van der Waals surface area contributed by atoms with Gasteiger partial charge in [-0.3, -0.25) is 0 Å². The molecule has 2 aliphatic rings. The van der Waals surface area contributed by atoms with E-state index in [0.717, 1.165) is 5.56 Å². The highest BCUT2D eigenvalue weighted by atomic mass is 16.5. The number of anilines is 2. The lowest BCUT2D eigenvalue weighted by molar-refractivity contribution is 0.0221. The van der Waals surface area contributed by atoms with Gasteiger partial charge in [-0.15, -0.1) is 0 Å². The van der Waals surface area contributed by atoms with Crippen LogP contribution in [0.15, 0.2) is 18.2 Å². The average Bonchev–Trinajstić information content (AvgIpc) is 2.65. The van der Waals surface area contributed by atoms with E-state index in [-0.39, 0.29) is 24.1 Å². The summed E-state index contributed by atoms with van der Waals surface area (Å²) in [6.07, 6.45) is 0. The highest BCUT2D eigenvalue weighted by Gasteiger charge is 2.25. The van der Waals surface area contributed by atoms with Crippen LogP contribution in [-0.4, -0.2) is 73.5 Å². The summed E-state index contributed by atoms with van der Waals surface area (Å²) in [7, 11) is 0. The van der Waals surface area contributed by atoms with Gasteiger partial charge in [0.25, 0.3) is 0 Å². The Morgan fingerprint density at radius 1 is 0.963 bits per heavy atom. The molecule has 2 fully saturated rings. The molecule has 1 aromatic carbocycles. The Balaban J connectivity index is 1.66. The Hall–Kier alpha value is -2.32. The Labute approximate surface area is 159 Å². The lowest BCUT2D eigenvalue weighted by Gasteiger charge is -2.33. The summed E-state index contributed by atoms with van der Waals surface area (Å²) < 4.78 is 10.8. The molecule has 0 bridgehead atoms. The van der Waals surface area contributed by atoms with E-state index in [4.69, 9.17) is 9.47 Å². The van der Waals surface area contributed by atoms with Crippen LogP contribution in [-0.2, 0) is 9.47 Å². The smallest absolute Gasteiger partial charge is 0.322 e. The molecule has 27 heavy (non-hydrogen) atoms. The molecular formula is C19H28N4O4. The topological polar surface area (TPSA) is 83.1 Å². The zero-order valence-electron chi connectivity index (χ0n) is 16.2. The standard InChI is InChI=1S/C19H28N4O4/c1-13-4-5-16(20-18(24)22-6-8-26-11-14(22)2)10-17(13)21-19(25)23-7-9-27-12-15(23)3/h4-5,10,14-15H,6-9,11-12H2,1-3H3,(H,20,24)(H,21,25)/t14-,15-/m0/s1. The maximum Gasteiger partial charge on any atom is 0.322 e. The van der Waals surface area contributed by atoms with Gasteiger partial charge < -0.3 is 29.9 Å². The molecule has 2 aliphatic heterocycles. The molecule has 1 aromatic rings. The molecule has 0 saturated carbocycles. The van der Waals surface area contributed by atoms with E-state index >= 15 is 0 Å². The number of ether oxygens (including phenoxy) is 2. The lowest BCUT2D eigenvalue weighted by atomic mass is 10.1. The Bertz CT molecular complexity index is 696. The quantitative estimate of drug-likeness (QED) is 0.831. The first-order valence-electron chi connectivity index (χ1n) is 9.37. The normalized spacial score (nSPS) is 23.1. The van der Waals surface area contributed by atoms with Crippen LogP contribution in [0.1, 0.15) is 19.4 Å². The molecule has 2 N–H and O–H groups in total. The summed E-state index contributed by atoms with van der Waals surface area (Å²) in [5.41, 5.74) is 2.27. The number of rotatable bonds is 2. The van der Waals surface area contributed by atoms with Crippen LogP contribution in [0.3, 0.4) is 0 Å². The number of nitrogens with zero attached hydrogens (tertiary/aromatic N) is 2. The van der Waals surface area contributed by atoms with Gasteiger partial charge in [0, 0.05) is 24.5 Å². The molecule has 0 radical (unpaired) electrons. The predicted molar refractivity (Wildman–Crippen MR) is 103 cm³/mol. The minimum absolute atomic E-state index is 0.0322. The summed E-state index contributed by atoms with van der Waals surface area (Å²) in [6.45, 7) is 9.16. The van der Waals surface area contributed by atoms with Crippen LogP contribution in [0.4, 0.5) is 21.0 Å². The SMILES string of the molecule is Cc1ccc(NC(=O)N2CCOC[C@@H]2C)cc1NC(=O)N1CCOC[C@@H]1C. The second-order valence-corrected chi connectivity index (χ2v) is 7.12. The Morgan fingerprint density at radius 2 is 1.52 bits per heavy atom. The van der Waals surface area contributed by atoms with E-state index in [9.17, 15) is 9.59 Å². The number of hydrogen-bond donors (Lipinski definition) is 2. The van der Waals surface area contributed by atoms with Gasteiger partial charge in [-0.25, -0.2) is 9.59 Å². The van der Waals surface area contributed by atoms with E-state index in [1.807, 2.05) is 32.9 Å². The number of benzene rings is 1. The van der Waals surface area contributed by atoms with Crippen molar-refractivity contribution in [3.8, 4) is 0 Å². The van der Waals surface area contributed by atoms with E-state index in [1.54, 1.807) is 15.9 Å². The fraction of sp³-hybridized carbons (Fsp3) is 0.579. The van der Waals surface area contributed by atoms with Crippen molar-refractivity contribution in [2.75, 3.05) is 50.2 Å². The summed E-state index contributed by atoms with van der Waals surface area (Å²) in [4.78, 5) is 28.7. The maximum absolute atomic E-state index is 12.6. The molecule has 2 heterocycles. The van der Waals surface area contributed by atoms with Crippen molar-refractivity contribution in [3.63, 3.8) is 0 Å². The molecule has 8 nitrogen and oxygen atoms in total. The largest absolute Gasteiger partial charge is 0.377 e. The summed E-state index contributed by atoms with van der Waals surface area (Å²) in [5, 5.41) is 5.88. The van der Waals surface area contributed by atoms with Crippen molar-refractivity contribution >= 4 is 23.4 Å². The number of carbonyl (C=O) groups excluding carboxylic acids is 2. The molecule has 0 spiro atoms. The molecular weight excluding hydrogens is 348 g/mol. The Kier molecular flexibility index (Phi) is 6.18. The van der Waals surface area contributed by atoms with Crippen LogP contribution >= 0.6 is 0 Å². The van der Waals surface area contributed by atoms with Gasteiger partial charge in [0.2, 0.25) is 0 Å². The van der Waals surface area contributed by atoms with Gasteiger partial charge in [0.05, 0.1) is 38.5 Å². The van der Waals surface area contributed by atoms with Crippen LogP contribution < -0.4 is 10.6 Å². The molecule has 148 valence electrons. The van der Waals surface area contributed by atoms with Gasteiger partial charge in [0.15, 0.2) is 0 Å². The molecule has 0 unspecified atom stereocenters. The number of amides is 4. The van der Waals surface area contributed by atoms with Gasteiger partial charge >= 0.3 is 12.1 Å². The number of aryl methyl sites for hydroxylation is 1. The third-order valence-corrected chi connectivity index (χ3v) is 4.99. The second kappa shape index (κ2) is 8.58. The molecule has 4 amide bonds. The van der Waals surface area contributed by atoms with Crippen LogP contribution in [0.5, 0.6) is 0 Å². The molecule has 0 aliphatic carbocycles. The van der Waals surface area contributed by atoms with Crippen LogP contribution in [0.25, 0.3) is 0 Å². The van der Waals surface area contributed by atoms with Crippen molar-refractivity contribution in [2.24, 2.45) is 0 Å². The summed E-state index contributed by atoms with van der Waals surface area (Å²) in [6, 6.07) is 5.27. The van der Waals surface area contributed by atoms with E-state index < -0.39 is 0 Å². The van der Waals surface area contributed by atoms with E-state index in [0.29, 0.717) is 50.9 Å². The molecule has 2 atom stereocenters. The number of nitrogens with one attached hydrogen (secondary N) is 2. The number of morpholine rings is 2. The number of carbonyl (C=O) groups is 2. The Morgan fingerprint density at radius 3 is 2.07 bits per heavy atom. The minimum atomic E-state index is -0.159. The number of urea groups is 2. The van der Waals surface area contributed by atoms with Gasteiger partial charge in [-0.2, -0.15) is 0 Å². The molecule has 8 heteroatoms. The fourth-order valence-corrected chi connectivity index (χ4v) is 3.27. The van der Waals surface area contributed by atoms with E-state index in [2.05, 4.69) is 10.6 Å². The van der Waals surface area contributed by atoms with Gasteiger partial charge in [-0.05, 0) is 38.5 Å². The first-order chi connectivity index (χ1) is 13.0. The van der Waals surface area contributed by atoms with Gasteiger partial charge in [0.1, 0.15) is 0 Å². The zero-order chi connectivity index (χ0) is 19.4. The van der Waals surface area contributed by atoms with Crippen LogP contribution in [0.2, 0.25) is 0 Å². The number of hydrogen-bond acceptors (Lipinski definition) is 4. The highest BCUT2D eigenvalue weighted by Crippen LogP contribution is 2.22. The molecule has 2 saturated heterocycles. The molecule has 0 aromatic heterocycles. The maximum atomic E-state index is 12.6. The first kappa shape index (κ1) is 19.4. The first-order valence-corrected chi connectivity index (χ1v) is 9.37. The van der Waals surface area contributed by atoms with Gasteiger partial charge in [-0.1, -0.05) is 6.07 Å². The average molecular weight is 376 g/mol. The fourth-order valence-electron chi connectivity index (χ4n) is 3.27. The zero-order valence-corrected chi connectivity index (χ0v) is 16.2. The van der Waals surface area contributed by atoms with Crippen molar-refractivity contribution in [1.82, 2.24) is 9.80 Å². The summed E-state index contributed by atoms with van der Waals surface area (Å²) in [5.74, 6) is 0. The van der Waals surface area contributed by atoms with Crippen molar-refractivity contribution in [2.45, 2.75) is 32.9 Å².